The Morgan fingerprint density at radius 2 is 2.00 bits per heavy atom. The quantitative estimate of drug-likeness (QED) is 0.790. The molecule has 0 saturated heterocycles. The molecule has 7 heteroatoms. The fourth-order valence-electron chi connectivity index (χ4n) is 2.56. The fourth-order valence-corrected chi connectivity index (χ4v) is 2.56. The molecule has 0 bridgehead atoms. The minimum Gasteiger partial charge on any atom is -0.346 e. The topological polar surface area (TPSA) is 66.9 Å². The molecule has 132 valence electrons. The molecule has 5 nitrogen and oxygen atoms in total. The van der Waals surface area contributed by atoms with Crippen LogP contribution in [0.4, 0.5) is 20.3 Å². The van der Waals surface area contributed by atoms with Crippen LogP contribution >= 0.6 is 0 Å². The van der Waals surface area contributed by atoms with Crippen molar-refractivity contribution in [2.45, 2.75) is 13.5 Å². The Balaban J connectivity index is 2.18. The summed E-state index contributed by atoms with van der Waals surface area (Å²) in [5.41, 5.74) is 0.912. The lowest BCUT2D eigenvalue weighted by Gasteiger charge is -2.12. The van der Waals surface area contributed by atoms with Gasteiger partial charge in [-0.2, -0.15) is 0 Å². The first-order valence-electron chi connectivity index (χ1n) is 7.91. The number of benzene rings is 1. The zero-order valence-corrected chi connectivity index (χ0v) is 14.0. The fraction of sp³-hybridized carbons (Fsp3) is 0.105. The van der Waals surface area contributed by atoms with Gasteiger partial charge in [-0.15, -0.1) is 0 Å². The highest BCUT2D eigenvalue weighted by atomic mass is 19.1. The average molecular weight is 354 g/mol. The summed E-state index contributed by atoms with van der Waals surface area (Å²) >= 11 is 0. The Bertz CT molecular complexity index is 936. The van der Waals surface area contributed by atoms with Crippen LogP contribution in [0.5, 0.6) is 0 Å². The van der Waals surface area contributed by atoms with Crippen molar-refractivity contribution < 1.29 is 13.6 Å². The van der Waals surface area contributed by atoms with Gasteiger partial charge in [0.15, 0.2) is 5.82 Å². The highest BCUT2D eigenvalue weighted by Gasteiger charge is 2.28. The van der Waals surface area contributed by atoms with Crippen molar-refractivity contribution in [1.29, 1.82) is 0 Å². The summed E-state index contributed by atoms with van der Waals surface area (Å²) in [4.78, 5) is 20.5. The molecular weight excluding hydrogens is 338 g/mol. The van der Waals surface area contributed by atoms with Crippen LogP contribution in [0.2, 0.25) is 0 Å². The van der Waals surface area contributed by atoms with Gasteiger partial charge in [0.1, 0.15) is 23.0 Å². The molecular formula is C19H16F2N4O. The Kier molecular flexibility index (Phi) is 4.88. The summed E-state index contributed by atoms with van der Waals surface area (Å²) < 4.78 is 28.4. The van der Waals surface area contributed by atoms with Gasteiger partial charge in [-0.25, -0.2) is 18.7 Å². The molecule has 0 fully saturated rings. The molecule has 2 N–H and O–H groups in total. The number of aromatic nitrogens is 2. The van der Waals surface area contributed by atoms with Crippen LogP contribution in [0.15, 0.2) is 60.7 Å². The second-order valence-electron chi connectivity index (χ2n) is 5.45. The molecule has 26 heavy (non-hydrogen) atoms. The molecule has 0 aliphatic carbocycles. The van der Waals surface area contributed by atoms with Gasteiger partial charge in [0.25, 0.3) is 5.91 Å². The van der Waals surface area contributed by atoms with Gasteiger partial charge in [-0.3, -0.25) is 4.79 Å². The van der Waals surface area contributed by atoms with E-state index >= 15 is 0 Å². The lowest BCUT2D eigenvalue weighted by molar-refractivity contribution is 0.0966. The van der Waals surface area contributed by atoms with Crippen molar-refractivity contribution in [2.24, 2.45) is 0 Å². The molecule has 0 unspecified atom stereocenters. The standard InChI is InChI=1S/C19H16F2N4O/c1-3-12(20)15(13(21)4-2)17-24-14-10-22-19(26)16(14)18(25-17)23-11-8-6-5-7-9-11/h3-9H,1,10H2,2H3,(H,22,26)(H,23,24,25)/b13-4+,15-12-. The van der Waals surface area contributed by atoms with E-state index in [0.29, 0.717) is 11.4 Å². The number of halogens is 2. The predicted molar refractivity (Wildman–Crippen MR) is 96.0 cm³/mol. The molecule has 2 heterocycles. The van der Waals surface area contributed by atoms with Crippen LogP contribution in [0, 0.1) is 0 Å². The maximum Gasteiger partial charge on any atom is 0.257 e. The van der Waals surface area contributed by atoms with Gasteiger partial charge in [0, 0.05) is 5.69 Å². The molecule has 0 saturated carbocycles. The van der Waals surface area contributed by atoms with Crippen LogP contribution in [0.3, 0.4) is 0 Å². The summed E-state index contributed by atoms with van der Waals surface area (Å²) in [5, 5.41) is 5.66. The number of nitrogens with one attached hydrogen (secondary N) is 2. The molecule has 1 aromatic heterocycles. The third kappa shape index (κ3) is 3.23. The monoisotopic (exact) mass is 354 g/mol. The molecule has 0 radical (unpaired) electrons. The first-order chi connectivity index (χ1) is 12.5. The SMILES string of the molecule is C=C/C(F)=C(\C(F)=C/C)c1nc2c(c(Nc3ccccc3)n1)C(=O)NC2. The van der Waals surface area contributed by atoms with E-state index in [1.54, 1.807) is 12.1 Å². The number of carbonyl (C=O) groups excluding carboxylic acids is 1. The van der Waals surface area contributed by atoms with Crippen LogP contribution < -0.4 is 10.6 Å². The number of anilines is 2. The van der Waals surface area contributed by atoms with E-state index < -0.39 is 17.2 Å². The molecule has 0 atom stereocenters. The zero-order chi connectivity index (χ0) is 18.7. The van der Waals surface area contributed by atoms with E-state index in [9.17, 15) is 13.6 Å². The second-order valence-corrected chi connectivity index (χ2v) is 5.45. The highest BCUT2D eigenvalue weighted by molar-refractivity contribution is 6.03. The van der Waals surface area contributed by atoms with Crippen molar-refractivity contribution in [1.82, 2.24) is 15.3 Å². The maximum atomic E-state index is 14.2. The molecule has 1 aromatic carbocycles. The lowest BCUT2D eigenvalue weighted by atomic mass is 10.1. The van der Waals surface area contributed by atoms with Gasteiger partial charge >= 0.3 is 0 Å². The minimum absolute atomic E-state index is 0.160. The van der Waals surface area contributed by atoms with Crippen LogP contribution in [0.25, 0.3) is 5.57 Å². The molecule has 0 spiro atoms. The van der Waals surface area contributed by atoms with Gasteiger partial charge < -0.3 is 10.6 Å². The number of carbonyl (C=O) groups is 1. The van der Waals surface area contributed by atoms with E-state index in [2.05, 4.69) is 27.2 Å². The van der Waals surface area contributed by atoms with E-state index in [1.807, 2.05) is 18.2 Å². The summed E-state index contributed by atoms with van der Waals surface area (Å²) in [6.45, 7) is 4.93. The van der Waals surface area contributed by atoms with Crippen molar-refractivity contribution in [2.75, 3.05) is 5.32 Å². The number of fused-ring (bicyclic) bond motifs is 1. The third-order valence-corrected chi connectivity index (χ3v) is 3.80. The molecule has 1 aliphatic rings. The third-order valence-electron chi connectivity index (χ3n) is 3.80. The number of para-hydroxylation sites is 1. The van der Waals surface area contributed by atoms with Crippen LogP contribution in [0.1, 0.15) is 28.8 Å². The highest BCUT2D eigenvalue weighted by Crippen LogP contribution is 2.31. The molecule has 1 aliphatic heterocycles. The van der Waals surface area contributed by atoms with Crippen molar-refractivity contribution >= 4 is 23.0 Å². The minimum atomic E-state index is -0.886. The first-order valence-corrected chi connectivity index (χ1v) is 7.91. The molecule has 3 rings (SSSR count). The van der Waals surface area contributed by atoms with E-state index in [1.165, 1.54) is 6.92 Å². The summed E-state index contributed by atoms with van der Waals surface area (Å²) in [7, 11) is 0. The summed E-state index contributed by atoms with van der Waals surface area (Å²) in [5.74, 6) is -2.02. The van der Waals surface area contributed by atoms with Gasteiger partial charge in [0.05, 0.1) is 17.8 Å². The molecule has 1 amide bonds. The number of hydrogen-bond donors (Lipinski definition) is 2. The Morgan fingerprint density at radius 1 is 1.27 bits per heavy atom. The van der Waals surface area contributed by atoms with E-state index in [0.717, 1.165) is 12.2 Å². The van der Waals surface area contributed by atoms with Crippen LogP contribution in [-0.4, -0.2) is 15.9 Å². The number of allylic oxidation sites excluding steroid dienone is 5. The number of amides is 1. The molecule has 2 aromatic rings. The number of rotatable bonds is 5. The van der Waals surface area contributed by atoms with Crippen molar-refractivity contribution in [3.63, 3.8) is 0 Å². The van der Waals surface area contributed by atoms with E-state index in [4.69, 9.17) is 0 Å². The normalized spacial score (nSPS) is 14.4. The Morgan fingerprint density at radius 3 is 2.65 bits per heavy atom. The summed E-state index contributed by atoms with van der Waals surface area (Å²) in [6.07, 6.45) is 2.01. The van der Waals surface area contributed by atoms with Crippen molar-refractivity contribution in [3.05, 3.63) is 77.8 Å². The van der Waals surface area contributed by atoms with Gasteiger partial charge in [-0.1, -0.05) is 30.9 Å². The van der Waals surface area contributed by atoms with Gasteiger partial charge in [0.2, 0.25) is 0 Å². The first kappa shape index (κ1) is 17.5. The van der Waals surface area contributed by atoms with Gasteiger partial charge in [-0.05, 0) is 25.1 Å². The smallest absolute Gasteiger partial charge is 0.257 e. The van der Waals surface area contributed by atoms with E-state index in [-0.39, 0.29) is 29.7 Å². The lowest BCUT2D eigenvalue weighted by Crippen LogP contribution is -2.14. The predicted octanol–water partition coefficient (Wildman–Crippen LogP) is 4.20. The maximum absolute atomic E-state index is 14.2. The second kappa shape index (κ2) is 7.26. The average Bonchev–Trinajstić information content (AvgIpc) is 3.03. The Labute approximate surface area is 149 Å². The van der Waals surface area contributed by atoms with Crippen molar-refractivity contribution in [3.8, 4) is 0 Å². The zero-order valence-electron chi connectivity index (χ0n) is 14.0. The number of nitrogens with zero attached hydrogens (tertiary/aromatic N) is 2. The Hall–Kier alpha value is -3.35. The number of hydrogen-bond acceptors (Lipinski definition) is 4. The van der Waals surface area contributed by atoms with Crippen LogP contribution in [-0.2, 0) is 6.54 Å². The largest absolute Gasteiger partial charge is 0.346 e. The summed E-state index contributed by atoms with van der Waals surface area (Å²) in [6, 6.07) is 9.04.